The summed E-state index contributed by atoms with van der Waals surface area (Å²) in [7, 11) is 0. The van der Waals surface area contributed by atoms with Crippen molar-refractivity contribution in [3.63, 3.8) is 0 Å². The van der Waals surface area contributed by atoms with Crippen LogP contribution >= 0.6 is 11.6 Å². The minimum Gasteiger partial charge on any atom is -0.441 e. The highest BCUT2D eigenvalue weighted by Gasteiger charge is 2.15. The SMILES string of the molecule is Fc1cc(F)cc(C(Cl)Cc2nc3ccccc3o2)c1. The average molecular weight is 294 g/mol. The summed E-state index contributed by atoms with van der Waals surface area (Å²) in [5, 5.41) is -0.603. The Morgan fingerprint density at radius 2 is 1.80 bits per heavy atom. The maximum atomic E-state index is 13.2. The number of aromatic nitrogens is 1. The molecule has 20 heavy (non-hydrogen) atoms. The number of halogens is 3. The summed E-state index contributed by atoms with van der Waals surface area (Å²) in [6.45, 7) is 0. The van der Waals surface area contributed by atoms with Gasteiger partial charge < -0.3 is 4.42 Å². The standard InChI is InChI=1S/C15H10ClF2NO/c16-12(9-5-10(17)7-11(18)6-9)8-15-19-13-3-1-2-4-14(13)20-15/h1-7,12H,8H2. The van der Waals surface area contributed by atoms with Gasteiger partial charge in [-0.25, -0.2) is 13.8 Å². The van der Waals surface area contributed by atoms with Gasteiger partial charge in [-0.05, 0) is 29.8 Å². The van der Waals surface area contributed by atoms with E-state index in [1.54, 1.807) is 6.07 Å². The molecule has 102 valence electrons. The van der Waals surface area contributed by atoms with Gasteiger partial charge in [0.2, 0.25) is 0 Å². The molecule has 0 saturated heterocycles. The zero-order chi connectivity index (χ0) is 14.1. The predicted octanol–water partition coefficient (Wildman–Crippen LogP) is 4.63. The summed E-state index contributed by atoms with van der Waals surface area (Å²) < 4.78 is 31.9. The molecular formula is C15H10ClF2NO. The Kier molecular flexibility index (Phi) is 3.40. The Hall–Kier alpha value is -1.94. The Morgan fingerprint density at radius 3 is 2.50 bits per heavy atom. The van der Waals surface area contributed by atoms with Crippen LogP contribution in [0.1, 0.15) is 16.8 Å². The molecule has 1 aromatic heterocycles. The highest BCUT2D eigenvalue weighted by Crippen LogP contribution is 2.27. The summed E-state index contributed by atoms with van der Waals surface area (Å²) in [6, 6.07) is 10.6. The molecule has 3 aromatic rings. The first-order chi connectivity index (χ1) is 9.61. The number of para-hydroxylation sites is 2. The van der Waals surface area contributed by atoms with Crippen molar-refractivity contribution in [1.82, 2.24) is 4.98 Å². The molecule has 0 aliphatic heterocycles. The number of hydrogen-bond donors (Lipinski definition) is 0. The molecule has 0 amide bonds. The number of alkyl halides is 1. The lowest BCUT2D eigenvalue weighted by Crippen LogP contribution is -1.98. The van der Waals surface area contributed by atoms with E-state index in [9.17, 15) is 8.78 Å². The van der Waals surface area contributed by atoms with Gasteiger partial charge in [-0.15, -0.1) is 11.6 Å². The van der Waals surface area contributed by atoms with Crippen LogP contribution in [0.15, 0.2) is 46.9 Å². The quantitative estimate of drug-likeness (QED) is 0.658. The first kappa shape index (κ1) is 13.1. The maximum absolute atomic E-state index is 13.2. The lowest BCUT2D eigenvalue weighted by molar-refractivity contribution is 0.522. The van der Waals surface area contributed by atoms with Crippen LogP contribution in [0.2, 0.25) is 0 Å². The molecule has 1 heterocycles. The molecular weight excluding hydrogens is 284 g/mol. The van der Waals surface area contributed by atoms with Gasteiger partial charge in [-0.1, -0.05) is 12.1 Å². The molecule has 0 aliphatic carbocycles. The number of rotatable bonds is 3. The van der Waals surface area contributed by atoms with Gasteiger partial charge in [0.05, 0.1) is 5.38 Å². The first-order valence-electron chi connectivity index (χ1n) is 6.06. The molecule has 0 aliphatic rings. The monoisotopic (exact) mass is 293 g/mol. The van der Waals surface area contributed by atoms with Crippen molar-refractivity contribution in [2.75, 3.05) is 0 Å². The first-order valence-corrected chi connectivity index (χ1v) is 6.50. The van der Waals surface area contributed by atoms with E-state index in [1.807, 2.05) is 18.2 Å². The Morgan fingerprint density at radius 1 is 1.10 bits per heavy atom. The van der Waals surface area contributed by atoms with E-state index in [2.05, 4.69) is 4.98 Å². The fourth-order valence-electron chi connectivity index (χ4n) is 2.03. The van der Waals surface area contributed by atoms with Crippen molar-refractivity contribution < 1.29 is 13.2 Å². The van der Waals surface area contributed by atoms with Crippen molar-refractivity contribution in [2.45, 2.75) is 11.8 Å². The van der Waals surface area contributed by atoms with E-state index in [0.717, 1.165) is 11.6 Å². The lowest BCUT2D eigenvalue weighted by atomic mass is 10.1. The highest BCUT2D eigenvalue weighted by atomic mass is 35.5. The van der Waals surface area contributed by atoms with Crippen LogP contribution in [0.25, 0.3) is 11.1 Å². The smallest absolute Gasteiger partial charge is 0.197 e. The normalized spacial score (nSPS) is 12.8. The minimum atomic E-state index is -0.650. The Bertz CT molecular complexity index is 703. The number of hydrogen-bond acceptors (Lipinski definition) is 2. The van der Waals surface area contributed by atoms with Crippen LogP contribution in [0.3, 0.4) is 0 Å². The second kappa shape index (κ2) is 5.21. The number of nitrogens with zero attached hydrogens (tertiary/aromatic N) is 1. The largest absolute Gasteiger partial charge is 0.441 e. The molecule has 1 unspecified atom stereocenters. The van der Waals surface area contributed by atoms with Crippen LogP contribution in [-0.2, 0) is 6.42 Å². The second-order valence-corrected chi connectivity index (χ2v) is 4.98. The van der Waals surface area contributed by atoms with E-state index >= 15 is 0 Å². The number of fused-ring (bicyclic) bond motifs is 1. The second-order valence-electron chi connectivity index (χ2n) is 4.45. The van der Waals surface area contributed by atoms with Crippen LogP contribution < -0.4 is 0 Å². The fraction of sp³-hybridized carbons (Fsp3) is 0.133. The van der Waals surface area contributed by atoms with Crippen LogP contribution in [0, 0.1) is 11.6 Å². The number of oxazole rings is 1. The zero-order valence-electron chi connectivity index (χ0n) is 10.3. The lowest BCUT2D eigenvalue weighted by Gasteiger charge is -2.07. The molecule has 3 rings (SSSR count). The van der Waals surface area contributed by atoms with E-state index in [-0.39, 0.29) is 6.42 Å². The average Bonchev–Trinajstić information content (AvgIpc) is 2.79. The topological polar surface area (TPSA) is 26.0 Å². The van der Waals surface area contributed by atoms with Gasteiger partial charge in [0.15, 0.2) is 11.5 Å². The Labute approximate surface area is 119 Å². The molecule has 0 radical (unpaired) electrons. The van der Waals surface area contributed by atoms with E-state index < -0.39 is 17.0 Å². The van der Waals surface area contributed by atoms with Gasteiger partial charge in [-0.3, -0.25) is 0 Å². The fourth-order valence-corrected chi connectivity index (χ4v) is 2.29. The van der Waals surface area contributed by atoms with Crippen molar-refractivity contribution in [3.05, 3.63) is 65.6 Å². The zero-order valence-corrected chi connectivity index (χ0v) is 11.1. The molecule has 0 N–H and O–H groups in total. The molecule has 0 saturated carbocycles. The maximum Gasteiger partial charge on any atom is 0.197 e. The number of benzene rings is 2. The van der Waals surface area contributed by atoms with Gasteiger partial charge in [0, 0.05) is 12.5 Å². The van der Waals surface area contributed by atoms with E-state index in [1.165, 1.54) is 12.1 Å². The van der Waals surface area contributed by atoms with Gasteiger partial charge in [0.1, 0.15) is 17.2 Å². The summed E-state index contributed by atoms with van der Waals surface area (Å²) in [6.07, 6.45) is 0.263. The van der Waals surface area contributed by atoms with Crippen LogP contribution in [0.4, 0.5) is 8.78 Å². The van der Waals surface area contributed by atoms with Gasteiger partial charge >= 0.3 is 0 Å². The molecule has 2 nitrogen and oxygen atoms in total. The summed E-state index contributed by atoms with van der Waals surface area (Å²) >= 11 is 6.18. The molecule has 1 atom stereocenters. The van der Waals surface area contributed by atoms with Crippen LogP contribution in [0.5, 0.6) is 0 Å². The summed E-state index contributed by atoms with van der Waals surface area (Å²) in [5.41, 5.74) is 1.76. The van der Waals surface area contributed by atoms with Gasteiger partial charge in [0.25, 0.3) is 0 Å². The van der Waals surface area contributed by atoms with Crippen molar-refractivity contribution in [2.24, 2.45) is 0 Å². The molecule has 0 spiro atoms. The molecule has 5 heteroatoms. The minimum absolute atomic E-state index is 0.263. The van der Waals surface area contributed by atoms with Crippen LogP contribution in [-0.4, -0.2) is 4.98 Å². The van der Waals surface area contributed by atoms with Gasteiger partial charge in [-0.2, -0.15) is 0 Å². The third kappa shape index (κ3) is 2.65. The highest BCUT2D eigenvalue weighted by molar-refractivity contribution is 6.20. The van der Waals surface area contributed by atoms with Crippen molar-refractivity contribution in [1.29, 1.82) is 0 Å². The summed E-state index contributed by atoms with van der Waals surface area (Å²) in [5.74, 6) is -0.859. The third-order valence-electron chi connectivity index (χ3n) is 2.94. The van der Waals surface area contributed by atoms with Crippen molar-refractivity contribution >= 4 is 22.7 Å². The van der Waals surface area contributed by atoms with E-state index in [4.69, 9.17) is 16.0 Å². The molecule has 0 bridgehead atoms. The molecule has 2 aromatic carbocycles. The predicted molar refractivity (Wildman–Crippen MR) is 72.7 cm³/mol. The van der Waals surface area contributed by atoms with E-state index in [0.29, 0.717) is 17.0 Å². The third-order valence-corrected chi connectivity index (χ3v) is 3.34. The molecule has 0 fully saturated rings. The Balaban J connectivity index is 1.86. The van der Waals surface area contributed by atoms with Crippen molar-refractivity contribution in [3.8, 4) is 0 Å². The summed E-state index contributed by atoms with van der Waals surface area (Å²) in [4.78, 5) is 4.28.